The van der Waals surface area contributed by atoms with Gasteiger partial charge in [0.25, 0.3) is 0 Å². The van der Waals surface area contributed by atoms with E-state index in [4.69, 9.17) is 11.6 Å². The Morgan fingerprint density at radius 2 is 2.17 bits per heavy atom. The molecule has 1 unspecified atom stereocenters. The Morgan fingerprint density at radius 1 is 1.33 bits per heavy atom. The van der Waals surface area contributed by atoms with E-state index in [0.29, 0.717) is 11.9 Å². The minimum atomic E-state index is 0.424. The second kappa shape index (κ2) is 6.34. The molecule has 1 aromatic heterocycles. The van der Waals surface area contributed by atoms with Gasteiger partial charge < -0.3 is 9.80 Å². The summed E-state index contributed by atoms with van der Waals surface area (Å²) < 4.78 is 0. The van der Waals surface area contributed by atoms with Crippen molar-refractivity contribution in [1.29, 1.82) is 0 Å². The van der Waals surface area contributed by atoms with Crippen LogP contribution in [-0.4, -0.2) is 47.8 Å². The molecule has 1 aliphatic heterocycles. The molecular formula is C13H21ClN4. The number of hydrogen-bond donors (Lipinski definition) is 0. The Hall–Kier alpha value is -0.870. The molecule has 1 saturated heterocycles. The van der Waals surface area contributed by atoms with Crippen LogP contribution in [0, 0.1) is 0 Å². The Balaban J connectivity index is 2.17. The Kier molecular flexibility index (Phi) is 4.78. The number of rotatable bonds is 3. The number of halogens is 1. The van der Waals surface area contributed by atoms with Gasteiger partial charge in [-0.3, -0.25) is 0 Å². The van der Waals surface area contributed by atoms with Crippen molar-refractivity contribution in [3.8, 4) is 0 Å². The summed E-state index contributed by atoms with van der Waals surface area (Å²) in [6.45, 7) is 5.53. The van der Waals surface area contributed by atoms with Crippen molar-refractivity contribution in [3.63, 3.8) is 0 Å². The van der Waals surface area contributed by atoms with Gasteiger partial charge >= 0.3 is 0 Å². The fourth-order valence-corrected chi connectivity index (χ4v) is 2.61. The average Bonchev–Trinajstić information content (AvgIpc) is 2.60. The number of likely N-dealkylation sites (N-methyl/N-ethyl adjacent to an activating group) is 1. The zero-order valence-corrected chi connectivity index (χ0v) is 11.9. The van der Waals surface area contributed by atoms with E-state index in [1.54, 1.807) is 0 Å². The first-order chi connectivity index (χ1) is 8.74. The number of nitrogens with zero attached hydrogens (tertiary/aromatic N) is 4. The van der Waals surface area contributed by atoms with Crippen LogP contribution >= 0.6 is 11.6 Å². The molecule has 18 heavy (non-hydrogen) atoms. The molecule has 2 heterocycles. The Labute approximate surface area is 114 Å². The summed E-state index contributed by atoms with van der Waals surface area (Å²) >= 11 is 5.74. The summed E-state index contributed by atoms with van der Waals surface area (Å²) in [5.74, 6) is 1.40. The van der Waals surface area contributed by atoms with E-state index in [2.05, 4.69) is 34.0 Å². The molecule has 1 aromatic rings. The second-order valence-electron chi connectivity index (χ2n) is 4.89. The third-order valence-electron chi connectivity index (χ3n) is 3.51. The van der Waals surface area contributed by atoms with Crippen molar-refractivity contribution in [2.45, 2.75) is 31.7 Å². The topological polar surface area (TPSA) is 32.3 Å². The maximum absolute atomic E-state index is 5.74. The third kappa shape index (κ3) is 3.12. The summed E-state index contributed by atoms with van der Waals surface area (Å²) in [6.07, 6.45) is 2.30. The fourth-order valence-electron chi connectivity index (χ4n) is 2.47. The maximum atomic E-state index is 5.74. The molecule has 0 amide bonds. The van der Waals surface area contributed by atoms with Crippen LogP contribution in [0.5, 0.6) is 0 Å². The largest absolute Gasteiger partial charge is 0.351 e. The molecule has 0 radical (unpaired) electrons. The molecule has 1 aliphatic rings. The third-order valence-corrected chi connectivity index (χ3v) is 3.78. The second-order valence-corrected chi connectivity index (χ2v) is 5.16. The zero-order valence-electron chi connectivity index (χ0n) is 11.1. The van der Waals surface area contributed by atoms with Gasteiger partial charge in [-0.05, 0) is 38.6 Å². The zero-order chi connectivity index (χ0) is 13.0. The van der Waals surface area contributed by atoms with Crippen molar-refractivity contribution in [2.24, 2.45) is 0 Å². The highest BCUT2D eigenvalue weighted by Gasteiger charge is 2.23. The lowest BCUT2D eigenvalue weighted by Crippen LogP contribution is -2.40. The SMILES string of the molecule is CCC1CN(C)CCCN1c1ccc(CCl)nn1. The quantitative estimate of drug-likeness (QED) is 0.787. The van der Waals surface area contributed by atoms with Crippen LogP contribution in [0.2, 0.25) is 0 Å². The standard InChI is InChI=1S/C13H21ClN4/c1-3-12-10-17(2)7-4-8-18(12)13-6-5-11(9-14)15-16-13/h5-6,12H,3-4,7-10H2,1-2H3. The van der Waals surface area contributed by atoms with E-state index in [1.807, 2.05) is 12.1 Å². The molecule has 0 spiro atoms. The normalized spacial score (nSPS) is 21.9. The molecule has 0 aliphatic carbocycles. The lowest BCUT2D eigenvalue weighted by Gasteiger charge is -2.30. The predicted octanol–water partition coefficient (Wildman–Crippen LogP) is 2.14. The monoisotopic (exact) mass is 268 g/mol. The van der Waals surface area contributed by atoms with Crippen LogP contribution in [0.4, 0.5) is 5.82 Å². The van der Waals surface area contributed by atoms with E-state index in [0.717, 1.165) is 37.6 Å². The number of hydrogen-bond acceptors (Lipinski definition) is 4. The summed E-state index contributed by atoms with van der Waals surface area (Å²) in [7, 11) is 2.19. The molecule has 0 saturated carbocycles. The molecule has 0 N–H and O–H groups in total. The predicted molar refractivity (Wildman–Crippen MR) is 75.1 cm³/mol. The summed E-state index contributed by atoms with van der Waals surface area (Å²) in [5.41, 5.74) is 0.834. The number of alkyl halides is 1. The van der Waals surface area contributed by atoms with Crippen molar-refractivity contribution in [1.82, 2.24) is 15.1 Å². The van der Waals surface area contributed by atoms with E-state index in [9.17, 15) is 0 Å². The van der Waals surface area contributed by atoms with E-state index >= 15 is 0 Å². The van der Waals surface area contributed by atoms with Gasteiger partial charge in [-0.1, -0.05) is 6.92 Å². The first-order valence-electron chi connectivity index (χ1n) is 6.58. The molecule has 1 atom stereocenters. The highest BCUT2D eigenvalue weighted by molar-refractivity contribution is 6.16. The van der Waals surface area contributed by atoms with Gasteiger partial charge in [0.2, 0.25) is 0 Å². The lowest BCUT2D eigenvalue weighted by molar-refractivity contribution is 0.327. The van der Waals surface area contributed by atoms with Crippen LogP contribution in [-0.2, 0) is 5.88 Å². The molecule has 2 rings (SSSR count). The van der Waals surface area contributed by atoms with E-state index in [1.165, 1.54) is 6.42 Å². The van der Waals surface area contributed by atoms with Gasteiger partial charge in [0.1, 0.15) is 0 Å². The highest BCUT2D eigenvalue weighted by Crippen LogP contribution is 2.19. The van der Waals surface area contributed by atoms with Gasteiger partial charge in [-0.15, -0.1) is 16.7 Å². The first kappa shape index (κ1) is 13.6. The molecule has 0 aromatic carbocycles. The average molecular weight is 269 g/mol. The van der Waals surface area contributed by atoms with Crippen LogP contribution in [0.3, 0.4) is 0 Å². The van der Waals surface area contributed by atoms with Gasteiger partial charge in [-0.25, -0.2) is 0 Å². The van der Waals surface area contributed by atoms with Gasteiger partial charge in [-0.2, -0.15) is 5.10 Å². The van der Waals surface area contributed by atoms with Crippen LogP contribution in [0.1, 0.15) is 25.5 Å². The van der Waals surface area contributed by atoms with Gasteiger partial charge in [0, 0.05) is 19.1 Å². The molecule has 1 fully saturated rings. The smallest absolute Gasteiger partial charge is 0.151 e. The summed E-state index contributed by atoms with van der Waals surface area (Å²) in [4.78, 5) is 4.78. The lowest BCUT2D eigenvalue weighted by atomic mass is 10.2. The van der Waals surface area contributed by atoms with Crippen LogP contribution in [0.15, 0.2) is 12.1 Å². The van der Waals surface area contributed by atoms with Crippen molar-refractivity contribution in [3.05, 3.63) is 17.8 Å². The Morgan fingerprint density at radius 3 is 2.78 bits per heavy atom. The number of aromatic nitrogens is 2. The highest BCUT2D eigenvalue weighted by atomic mass is 35.5. The fraction of sp³-hybridized carbons (Fsp3) is 0.692. The van der Waals surface area contributed by atoms with E-state index < -0.39 is 0 Å². The molecule has 100 valence electrons. The maximum Gasteiger partial charge on any atom is 0.151 e. The minimum Gasteiger partial charge on any atom is -0.351 e. The molecule has 0 bridgehead atoms. The molecular weight excluding hydrogens is 248 g/mol. The van der Waals surface area contributed by atoms with Gasteiger partial charge in [0.05, 0.1) is 11.6 Å². The van der Waals surface area contributed by atoms with Crippen LogP contribution in [0.25, 0.3) is 0 Å². The minimum absolute atomic E-state index is 0.424. The number of anilines is 1. The summed E-state index contributed by atoms with van der Waals surface area (Å²) in [5, 5.41) is 8.46. The van der Waals surface area contributed by atoms with Gasteiger partial charge in [0.15, 0.2) is 5.82 Å². The Bertz CT molecular complexity index is 368. The van der Waals surface area contributed by atoms with Crippen LogP contribution < -0.4 is 4.90 Å². The summed E-state index contributed by atoms with van der Waals surface area (Å²) in [6, 6.07) is 4.53. The van der Waals surface area contributed by atoms with Crippen molar-refractivity contribution in [2.75, 3.05) is 31.6 Å². The van der Waals surface area contributed by atoms with E-state index in [-0.39, 0.29) is 0 Å². The van der Waals surface area contributed by atoms with Crippen molar-refractivity contribution >= 4 is 17.4 Å². The van der Waals surface area contributed by atoms with Crippen molar-refractivity contribution < 1.29 is 0 Å². The molecule has 4 nitrogen and oxygen atoms in total. The molecule has 5 heteroatoms. The first-order valence-corrected chi connectivity index (χ1v) is 7.11.